The third-order valence-corrected chi connectivity index (χ3v) is 7.34. The van der Waals surface area contributed by atoms with Crippen molar-refractivity contribution in [1.29, 1.82) is 0 Å². The molecule has 0 unspecified atom stereocenters. The van der Waals surface area contributed by atoms with E-state index in [1.807, 2.05) is 37.3 Å². The molecule has 1 fully saturated rings. The zero-order valence-electron chi connectivity index (χ0n) is 17.3. The average molecular weight is 580 g/mol. The summed E-state index contributed by atoms with van der Waals surface area (Å²) in [7, 11) is 0. The molecule has 2 aromatic carbocycles. The van der Waals surface area contributed by atoms with Gasteiger partial charge in [-0.1, -0.05) is 24.3 Å². The Morgan fingerprint density at radius 3 is 2.53 bits per heavy atom. The number of carbonyl (C=O) groups excluding carboxylic acids is 3. The number of halogens is 2. The Labute approximate surface area is 207 Å². The van der Waals surface area contributed by atoms with Crippen LogP contribution in [0.15, 0.2) is 50.2 Å². The van der Waals surface area contributed by atoms with Crippen molar-refractivity contribution in [3.63, 3.8) is 0 Å². The van der Waals surface area contributed by atoms with Gasteiger partial charge < -0.3 is 9.64 Å². The highest BCUT2D eigenvalue weighted by Gasteiger charge is 2.37. The van der Waals surface area contributed by atoms with E-state index in [9.17, 15) is 14.4 Å². The third kappa shape index (κ3) is 4.79. The van der Waals surface area contributed by atoms with Gasteiger partial charge in [-0.15, -0.1) is 0 Å². The molecule has 0 saturated carbocycles. The first kappa shape index (κ1) is 23.1. The van der Waals surface area contributed by atoms with Crippen LogP contribution >= 0.6 is 43.6 Å². The Kier molecular flexibility index (Phi) is 7.07. The van der Waals surface area contributed by atoms with Crippen molar-refractivity contribution in [2.45, 2.75) is 19.9 Å². The molecule has 32 heavy (non-hydrogen) atoms. The van der Waals surface area contributed by atoms with E-state index in [1.54, 1.807) is 11.0 Å². The van der Waals surface area contributed by atoms with Crippen molar-refractivity contribution < 1.29 is 19.1 Å². The van der Waals surface area contributed by atoms with Gasteiger partial charge in [-0.25, -0.2) is 0 Å². The Morgan fingerprint density at radius 2 is 1.84 bits per heavy atom. The molecule has 6 nitrogen and oxygen atoms in total. The first-order valence-corrected chi connectivity index (χ1v) is 12.5. The second-order valence-electron chi connectivity index (χ2n) is 7.35. The summed E-state index contributed by atoms with van der Waals surface area (Å²) in [6.45, 7) is 3.24. The molecule has 0 aromatic heterocycles. The van der Waals surface area contributed by atoms with Gasteiger partial charge in [0, 0.05) is 13.1 Å². The minimum absolute atomic E-state index is 0.227. The first-order chi connectivity index (χ1) is 15.4. The summed E-state index contributed by atoms with van der Waals surface area (Å²) in [6.07, 6.45) is 2.42. The summed E-state index contributed by atoms with van der Waals surface area (Å²) in [5, 5.41) is -0.434. The summed E-state index contributed by atoms with van der Waals surface area (Å²) in [5.74, 6) is -0.00652. The molecule has 0 bridgehead atoms. The van der Waals surface area contributed by atoms with Crippen LogP contribution in [0.5, 0.6) is 5.75 Å². The highest BCUT2D eigenvalue weighted by Crippen LogP contribution is 2.37. The molecule has 166 valence electrons. The van der Waals surface area contributed by atoms with Crippen molar-refractivity contribution in [3.05, 3.63) is 66.9 Å². The molecule has 0 aliphatic carbocycles. The lowest BCUT2D eigenvalue weighted by Gasteiger charge is -2.29. The van der Waals surface area contributed by atoms with Gasteiger partial charge in [-0.05, 0) is 91.9 Å². The molecular weight excluding hydrogens is 560 g/mol. The Bertz CT molecular complexity index is 1110. The number of ether oxygens (including phenoxy) is 1. The van der Waals surface area contributed by atoms with E-state index in [4.69, 9.17) is 4.74 Å². The number of carbonyl (C=O) groups is 3. The fourth-order valence-electron chi connectivity index (χ4n) is 3.68. The zero-order valence-corrected chi connectivity index (χ0v) is 21.3. The van der Waals surface area contributed by atoms with E-state index in [1.165, 1.54) is 5.56 Å². The minimum Gasteiger partial charge on any atom is -0.492 e. The van der Waals surface area contributed by atoms with E-state index in [2.05, 4.69) is 37.9 Å². The van der Waals surface area contributed by atoms with Crippen molar-refractivity contribution in [2.24, 2.45) is 0 Å². The summed E-state index contributed by atoms with van der Waals surface area (Å²) in [6, 6.07) is 11.6. The molecule has 0 atom stereocenters. The van der Waals surface area contributed by atoms with Crippen LogP contribution in [0, 0.1) is 0 Å². The Hall–Kier alpha value is -2.10. The third-order valence-electron chi connectivity index (χ3n) is 5.26. The summed E-state index contributed by atoms with van der Waals surface area (Å²) >= 11 is 7.79. The van der Waals surface area contributed by atoms with E-state index in [-0.39, 0.29) is 17.4 Å². The first-order valence-electron chi connectivity index (χ1n) is 10.1. The van der Waals surface area contributed by atoms with E-state index in [0.717, 1.165) is 43.2 Å². The van der Waals surface area contributed by atoms with Gasteiger partial charge in [0.1, 0.15) is 12.3 Å². The van der Waals surface area contributed by atoms with Gasteiger partial charge in [0.25, 0.3) is 11.1 Å². The lowest BCUT2D eigenvalue weighted by Crippen LogP contribution is -2.44. The summed E-state index contributed by atoms with van der Waals surface area (Å²) in [5.41, 5.74) is 3.07. The van der Waals surface area contributed by atoms with Crippen LogP contribution < -0.4 is 4.74 Å². The molecule has 1 saturated heterocycles. The Balaban J connectivity index is 1.47. The number of rotatable bonds is 5. The summed E-state index contributed by atoms with van der Waals surface area (Å²) in [4.78, 5) is 41.2. The molecule has 2 aliphatic rings. The maximum atomic E-state index is 12.9. The maximum absolute atomic E-state index is 12.9. The molecule has 4 rings (SSSR count). The predicted octanol–water partition coefficient (Wildman–Crippen LogP) is 5.23. The van der Waals surface area contributed by atoms with Crippen molar-refractivity contribution in [1.82, 2.24) is 9.80 Å². The zero-order chi connectivity index (χ0) is 22.8. The summed E-state index contributed by atoms with van der Waals surface area (Å²) < 4.78 is 7.05. The van der Waals surface area contributed by atoms with Crippen LogP contribution in [0.4, 0.5) is 4.79 Å². The van der Waals surface area contributed by atoms with Crippen LogP contribution in [0.25, 0.3) is 6.08 Å². The van der Waals surface area contributed by atoms with Gasteiger partial charge in [-0.3, -0.25) is 19.3 Å². The quantitative estimate of drug-likeness (QED) is 0.454. The number of hydrogen-bond donors (Lipinski definition) is 0. The highest BCUT2D eigenvalue weighted by atomic mass is 79.9. The number of imide groups is 1. The lowest BCUT2D eigenvalue weighted by atomic mass is 10.00. The fraction of sp³-hybridized carbons (Fsp3) is 0.261. The van der Waals surface area contributed by atoms with Crippen molar-refractivity contribution in [2.75, 3.05) is 19.7 Å². The van der Waals surface area contributed by atoms with Gasteiger partial charge in [0.2, 0.25) is 5.91 Å². The lowest BCUT2D eigenvalue weighted by molar-refractivity contribution is -0.136. The second-order valence-corrected chi connectivity index (χ2v) is 10.1. The standard InChI is InChI=1S/C23H20Br2N2O4S/c1-2-31-21-17(24)9-14(10-18(21)25)11-19-22(29)27(23(30)32-19)13-20(28)26-8-7-15-5-3-4-6-16(15)12-26/h3-6,9-11H,2,7-8,12-13H2,1H3/b19-11-. The highest BCUT2D eigenvalue weighted by molar-refractivity contribution is 9.11. The molecule has 0 radical (unpaired) electrons. The van der Waals surface area contributed by atoms with Crippen molar-refractivity contribution >= 4 is 66.8 Å². The van der Waals surface area contributed by atoms with Crippen molar-refractivity contribution in [3.8, 4) is 5.75 Å². The SMILES string of the molecule is CCOc1c(Br)cc(/C=C2\SC(=O)N(CC(=O)N3CCc4ccccc4C3)C2=O)cc1Br. The molecule has 2 heterocycles. The van der Waals surface area contributed by atoms with E-state index >= 15 is 0 Å². The molecule has 3 amide bonds. The predicted molar refractivity (Wildman–Crippen MR) is 131 cm³/mol. The molecule has 0 N–H and O–H groups in total. The minimum atomic E-state index is -0.452. The molecule has 2 aliphatic heterocycles. The van der Waals surface area contributed by atoms with Gasteiger partial charge in [0.15, 0.2) is 0 Å². The fourth-order valence-corrected chi connectivity index (χ4v) is 5.97. The monoisotopic (exact) mass is 578 g/mol. The van der Waals surface area contributed by atoms with E-state index in [0.29, 0.717) is 25.4 Å². The largest absolute Gasteiger partial charge is 0.492 e. The molecular formula is C23H20Br2N2O4S. The number of fused-ring (bicyclic) bond motifs is 1. The van der Waals surface area contributed by atoms with Crippen LogP contribution in [-0.2, 0) is 22.6 Å². The topological polar surface area (TPSA) is 66.9 Å². The Morgan fingerprint density at radius 1 is 1.16 bits per heavy atom. The number of amides is 3. The molecule has 2 aromatic rings. The van der Waals surface area contributed by atoms with E-state index < -0.39 is 11.1 Å². The van der Waals surface area contributed by atoms with Gasteiger partial charge in [-0.2, -0.15) is 0 Å². The van der Waals surface area contributed by atoms with Crippen LogP contribution in [0.3, 0.4) is 0 Å². The van der Waals surface area contributed by atoms with Crippen LogP contribution in [-0.4, -0.2) is 46.5 Å². The maximum Gasteiger partial charge on any atom is 0.294 e. The van der Waals surface area contributed by atoms with Crippen LogP contribution in [0.2, 0.25) is 0 Å². The molecule has 9 heteroatoms. The normalized spacial score (nSPS) is 17.2. The van der Waals surface area contributed by atoms with Gasteiger partial charge in [0.05, 0.1) is 20.5 Å². The average Bonchev–Trinajstić information content (AvgIpc) is 3.03. The number of nitrogens with zero attached hydrogens (tertiary/aromatic N) is 2. The number of thioether (sulfide) groups is 1. The smallest absolute Gasteiger partial charge is 0.294 e. The second kappa shape index (κ2) is 9.80. The molecule has 0 spiro atoms. The van der Waals surface area contributed by atoms with Crippen LogP contribution in [0.1, 0.15) is 23.6 Å². The number of benzene rings is 2. The number of hydrogen-bond acceptors (Lipinski definition) is 5. The van der Waals surface area contributed by atoms with Gasteiger partial charge >= 0.3 is 0 Å².